The topological polar surface area (TPSA) is 50.2 Å². The summed E-state index contributed by atoms with van der Waals surface area (Å²) in [5.74, 6) is -0.805. The molecule has 0 aliphatic carbocycles. The van der Waals surface area contributed by atoms with Crippen molar-refractivity contribution < 1.29 is 9.90 Å². The smallest absolute Gasteiger partial charge is 0.307 e. The zero-order chi connectivity index (χ0) is 10.8. The van der Waals surface area contributed by atoms with Crippen molar-refractivity contribution in [2.75, 3.05) is 0 Å². The van der Waals surface area contributed by atoms with Crippen LogP contribution in [0.1, 0.15) is 17.5 Å². The van der Waals surface area contributed by atoms with Crippen LogP contribution in [0.2, 0.25) is 0 Å². The molecule has 0 amide bonds. The average molecular weight is 221 g/mol. The molecule has 78 valence electrons. The van der Waals surface area contributed by atoms with Gasteiger partial charge in [0.1, 0.15) is 0 Å². The number of fused-ring (bicyclic) bond motifs is 1. The zero-order valence-corrected chi connectivity index (χ0v) is 9.17. The van der Waals surface area contributed by atoms with Crippen molar-refractivity contribution >= 4 is 27.5 Å². The summed E-state index contributed by atoms with van der Waals surface area (Å²) in [7, 11) is 0. The molecule has 1 N–H and O–H groups in total. The Morgan fingerprint density at radius 2 is 2.33 bits per heavy atom. The van der Waals surface area contributed by atoms with E-state index in [1.807, 2.05) is 18.2 Å². The molecular formula is C11H11NO2S. The summed E-state index contributed by atoms with van der Waals surface area (Å²) in [6.07, 6.45) is 0.989. The van der Waals surface area contributed by atoms with Crippen molar-refractivity contribution in [1.82, 2.24) is 4.98 Å². The number of benzene rings is 1. The number of carbonyl (C=O) groups is 1. The largest absolute Gasteiger partial charge is 0.481 e. The summed E-state index contributed by atoms with van der Waals surface area (Å²) >= 11 is 1.67. The van der Waals surface area contributed by atoms with Crippen molar-refractivity contribution in [2.45, 2.75) is 19.8 Å². The first-order valence-corrected chi connectivity index (χ1v) is 5.61. The lowest BCUT2D eigenvalue weighted by molar-refractivity contribution is -0.136. The molecule has 1 aromatic carbocycles. The van der Waals surface area contributed by atoms with Crippen molar-refractivity contribution in [1.29, 1.82) is 0 Å². The van der Waals surface area contributed by atoms with E-state index in [0.29, 0.717) is 0 Å². The summed E-state index contributed by atoms with van der Waals surface area (Å²) < 4.78 is 1.13. The third-order valence-corrected chi connectivity index (χ3v) is 3.33. The van der Waals surface area contributed by atoms with Gasteiger partial charge in [0.15, 0.2) is 0 Å². The fourth-order valence-corrected chi connectivity index (χ4v) is 2.34. The molecule has 0 fully saturated rings. The molecule has 0 aliphatic rings. The fourth-order valence-electron chi connectivity index (χ4n) is 1.46. The van der Waals surface area contributed by atoms with Crippen LogP contribution in [-0.2, 0) is 17.6 Å². The summed E-state index contributed by atoms with van der Waals surface area (Å²) in [6.45, 7) is 2.07. The normalized spacial score (nSPS) is 10.7. The van der Waals surface area contributed by atoms with Gasteiger partial charge in [-0.25, -0.2) is 4.98 Å². The summed E-state index contributed by atoms with van der Waals surface area (Å²) in [6, 6.07) is 5.66. The molecule has 1 heterocycles. The third kappa shape index (κ3) is 2.15. The summed E-state index contributed by atoms with van der Waals surface area (Å²) in [5, 5.41) is 9.77. The number of thiazole rings is 1. The number of aromatic nitrogens is 1. The highest BCUT2D eigenvalue weighted by Gasteiger charge is 2.05. The molecule has 15 heavy (non-hydrogen) atoms. The molecule has 2 rings (SSSR count). The molecule has 0 saturated carbocycles. The highest BCUT2D eigenvalue weighted by molar-refractivity contribution is 7.18. The molecule has 0 radical (unpaired) electrons. The monoisotopic (exact) mass is 221 g/mol. The van der Waals surface area contributed by atoms with Crippen LogP contribution < -0.4 is 0 Å². The van der Waals surface area contributed by atoms with Gasteiger partial charge in [0.05, 0.1) is 21.6 Å². The molecule has 1 aromatic heterocycles. The maximum atomic E-state index is 10.5. The third-order valence-electron chi connectivity index (χ3n) is 2.15. The second-order valence-electron chi connectivity index (χ2n) is 3.33. The average Bonchev–Trinajstić information content (AvgIpc) is 2.58. The molecule has 4 heteroatoms. The predicted molar refractivity (Wildman–Crippen MR) is 60.3 cm³/mol. The van der Waals surface area contributed by atoms with Gasteiger partial charge in [-0.2, -0.15) is 0 Å². The second-order valence-corrected chi connectivity index (χ2v) is 4.45. The first-order chi connectivity index (χ1) is 7.19. The fraction of sp³-hybridized carbons (Fsp3) is 0.273. The Hall–Kier alpha value is -1.42. The first-order valence-electron chi connectivity index (χ1n) is 4.79. The van der Waals surface area contributed by atoms with Gasteiger partial charge in [-0.05, 0) is 24.1 Å². The van der Waals surface area contributed by atoms with Crippen LogP contribution in [-0.4, -0.2) is 16.1 Å². The van der Waals surface area contributed by atoms with Crippen molar-refractivity contribution in [3.05, 3.63) is 28.8 Å². The minimum Gasteiger partial charge on any atom is -0.481 e. The molecule has 3 nitrogen and oxygen atoms in total. The SMILES string of the molecule is CCc1nc2cc(CC(=O)O)ccc2s1. The van der Waals surface area contributed by atoms with Crippen molar-refractivity contribution in [2.24, 2.45) is 0 Å². The Morgan fingerprint density at radius 1 is 1.53 bits per heavy atom. The molecule has 0 atom stereocenters. The second kappa shape index (κ2) is 3.98. The Kier molecular flexibility index (Phi) is 2.68. The van der Waals surface area contributed by atoms with Crippen LogP contribution in [0.5, 0.6) is 0 Å². The number of aliphatic carboxylic acids is 1. The number of carboxylic acid groups (broad SMARTS) is 1. The van der Waals surface area contributed by atoms with Crippen LogP contribution in [0.15, 0.2) is 18.2 Å². The number of rotatable bonds is 3. The van der Waals surface area contributed by atoms with Crippen LogP contribution in [0.25, 0.3) is 10.2 Å². The van der Waals surface area contributed by atoms with E-state index in [-0.39, 0.29) is 6.42 Å². The predicted octanol–water partition coefficient (Wildman–Crippen LogP) is 2.49. The number of aryl methyl sites for hydroxylation is 1. The highest BCUT2D eigenvalue weighted by atomic mass is 32.1. The summed E-state index contributed by atoms with van der Waals surface area (Å²) in [5.41, 5.74) is 1.72. The Labute approximate surface area is 91.4 Å². The van der Waals surface area contributed by atoms with Gasteiger partial charge in [-0.15, -0.1) is 11.3 Å². The highest BCUT2D eigenvalue weighted by Crippen LogP contribution is 2.23. The molecule has 0 aliphatic heterocycles. The molecule has 0 spiro atoms. The molecular weight excluding hydrogens is 210 g/mol. The maximum Gasteiger partial charge on any atom is 0.307 e. The Bertz CT molecular complexity index is 504. The van der Waals surface area contributed by atoms with Crippen LogP contribution in [0.4, 0.5) is 0 Å². The minimum atomic E-state index is -0.805. The molecule has 2 aromatic rings. The Balaban J connectivity index is 2.41. The lowest BCUT2D eigenvalue weighted by Gasteiger charge is -1.95. The number of hydrogen-bond donors (Lipinski definition) is 1. The molecule has 0 saturated heterocycles. The van der Waals surface area contributed by atoms with E-state index in [0.717, 1.165) is 27.2 Å². The van der Waals surface area contributed by atoms with Gasteiger partial charge in [0, 0.05) is 0 Å². The molecule has 0 bridgehead atoms. The number of nitrogens with zero attached hydrogens (tertiary/aromatic N) is 1. The van der Waals surface area contributed by atoms with E-state index in [1.54, 1.807) is 11.3 Å². The van der Waals surface area contributed by atoms with Gasteiger partial charge >= 0.3 is 5.97 Å². The van der Waals surface area contributed by atoms with Gasteiger partial charge in [-0.1, -0.05) is 13.0 Å². The lowest BCUT2D eigenvalue weighted by Crippen LogP contribution is -1.99. The molecule has 0 unspecified atom stereocenters. The van der Waals surface area contributed by atoms with Gasteiger partial charge in [-0.3, -0.25) is 4.79 Å². The standard InChI is InChI=1S/C11H11NO2S/c1-2-10-12-8-5-7(6-11(13)14)3-4-9(8)15-10/h3-5H,2,6H2,1H3,(H,13,14). The lowest BCUT2D eigenvalue weighted by atomic mass is 10.1. The first kappa shape index (κ1) is 10.1. The summed E-state index contributed by atoms with van der Waals surface area (Å²) in [4.78, 5) is 15.0. The maximum absolute atomic E-state index is 10.5. The van der Waals surface area contributed by atoms with E-state index in [2.05, 4.69) is 11.9 Å². The van der Waals surface area contributed by atoms with E-state index in [4.69, 9.17) is 5.11 Å². The number of carboxylic acids is 1. The van der Waals surface area contributed by atoms with Crippen molar-refractivity contribution in [3.8, 4) is 0 Å². The van der Waals surface area contributed by atoms with E-state index in [9.17, 15) is 4.79 Å². The van der Waals surface area contributed by atoms with Gasteiger partial charge in [0.25, 0.3) is 0 Å². The number of hydrogen-bond acceptors (Lipinski definition) is 3. The Morgan fingerprint density at radius 3 is 3.00 bits per heavy atom. The van der Waals surface area contributed by atoms with E-state index >= 15 is 0 Å². The van der Waals surface area contributed by atoms with Gasteiger partial charge < -0.3 is 5.11 Å². The van der Waals surface area contributed by atoms with Crippen LogP contribution in [0.3, 0.4) is 0 Å². The minimum absolute atomic E-state index is 0.0644. The zero-order valence-electron chi connectivity index (χ0n) is 8.36. The van der Waals surface area contributed by atoms with Crippen LogP contribution in [0, 0.1) is 0 Å². The van der Waals surface area contributed by atoms with Crippen molar-refractivity contribution in [3.63, 3.8) is 0 Å². The quantitative estimate of drug-likeness (QED) is 0.866. The van der Waals surface area contributed by atoms with Crippen LogP contribution >= 0.6 is 11.3 Å². The van der Waals surface area contributed by atoms with E-state index in [1.165, 1.54) is 0 Å². The van der Waals surface area contributed by atoms with Gasteiger partial charge in [0.2, 0.25) is 0 Å². The van der Waals surface area contributed by atoms with E-state index < -0.39 is 5.97 Å².